The topological polar surface area (TPSA) is 82.2 Å². The van der Waals surface area contributed by atoms with E-state index in [-0.39, 0.29) is 4.87 Å². The fraction of sp³-hybridized carbons (Fsp3) is 0. The van der Waals surface area contributed by atoms with Crippen LogP contribution in [0.15, 0.2) is 60.4 Å². The molecule has 5 nitrogen and oxygen atoms in total. The van der Waals surface area contributed by atoms with Crippen molar-refractivity contribution >= 4 is 53.2 Å². The summed E-state index contributed by atoms with van der Waals surface area (Å²) in [7, 11) is -4.15. The number of benzene rings is 2. The molecule has 1 heterocycles. The van der Waals surface area contributed by atoms with Gasteiger partial charge in [-0.2, -0.15) is 0 Å². The minimum absolute atomic E-state index is 0.254. The van der Waals surface area contributed by atoms with Crippen LogP contribution in [0.3, 0.4) is 0 Å². The number of aromatic nitrogens is 1. The van der Waals surface area contributed by atoms with Gasteiger partial charge in [-0.25, -0.2) is 17.9 Å². The molecule has 3 aromatic rings. The molecule has 130 valence electrons. The lowest BCUT2D eigenvalue weighted by atomic mass is 10.1. The van der Waals surface area contributed by atoms with Gasteiger partial charge in [0.2, 0.25) is 10.0 Å². The zero-order valence-corrected chi connectivity index (χ0v) is 17.0. The molecule has 25 heavy (non-hydrogen) atoms. The molecular formula is C15H9Br2FN2O3S2. The number of nitrogens with two attached hydrogens (primary N) is 1. The molecule has 1 aromatic heterocycles. The first-order chi connectivity index (χ1) is 11.7. The normalized spacial score (nSPS) is 11.7. The molecule has 3 rings (SSSR count). The quantitative estimate of drug-likeness (QED) is 0.584. The van der Waals surface area contributed by atoms with E-state index in [9.17, 15) is 17.6 Å². The van der Waals surface area contributed by atoms with E-state index in [0.717, 1.165) is 32.4 Å². The molecule has 10 heteroatoms. The molecule has 0 radical (unpaired) electrons. The van der Waals surface area contributed by atoms with Crippen molar-refractivity contribution in [3.05, 3.63) is 66.2 Å². The average molecular weight is 508 g/mol. The van der Waals surface area contributed by atoms with Crippen molar-refractivity contribution in [3.63, 3.8) is 0 Å². The van der Waals surface area contributed by atoms with E-state index in [2.05, 4.69) is 31.9 Å². The van der Waals surface area contributed by atoms with Crippen LogP contribution in [-0.2, 0) is 10.0 Å². The Morgan fingerprint density at radius 2 is 1.72 bits per heavy atom. The van der Waals surface area contributed by atoms with Crippen LogP contribution in [0.5, 0.6) is 0 Å². The van der Waals surface area contributed by atoms with Crippen LogP contribution >= 0.6 is 43.2 Å². The molecule has 0 bridgehead atoms. The van der Waals surface area contributed by atoms with Crippen LogP contribution in [-0.4, -0.2) is 13.0 Å². The van der Waals surface area contributed by atoms with E-state index >= 15 is 0 Å². The van der Waals surface area contributed by atoms with E-state index in [1.165, 1.54) is 10.6 Å². The van der Waals surface area contributed by atoms with Gasteiger partial charge in [0.15, 0.2) is 0 Å². The van der Waals surface area contributed by atoms with Crippen molar-refractivity contribution in [1.82, 2.24) is 4.57 Å². The third-order valence-electron chi connectivity index (χ3n) is 3.33. The maximum Gasteiger partial charge on any atom is 0.312 e. The van der Waals surface area contributed by atoms with Crippen LogP contribution in [0.2, 0.25) is 0 Å². The van der Waals surface area contributed by atoms with Gasteiger partial charge >= 0.3 is 4.87 Å². The molecule has 0 saturated carbocycles. The highest BCUT2D eigenvalue weighted by atomic mass is 79.9. The Morgan fingerprint density at radius 3 is 2.28 bits per heavy atom. The van der Waals surface area contributed by atoms with Crippen LogP contribution in [0, 0.1) is 5.82 Å². The second-order valence-corrected chi connectivity index (χ2v) is 9.22. The van der Waals surface area contributed by atoms with E-state index in [1.54, 1.807) is 17.5 Å². The van der Waals surface area contributed by atoms with Gasteiger partial charge in [0.05, 0.1) is 11.4 Å². The Bertz CT molecular complexity index is 1120. The standard InChI is InChI=1S/C15H9Br2FN2O3S2/c16-9-4-10(17)6-11(5-9)20-13(7-24-15(20)21)8-1-2-14(12(18)3-8)25(19,22)23/h1-7H,(H2,19,22,23). The summed E-state index contributed by atoms with van der Waals surface area (Å²) in [5.74, 6) is -0.972. The third kappa shape index (κ3) is 3.77. The van der Waals surface area contributed by atoms with Gasteiger partial charge in [0, 0.05) is 19.9 Å². The van der Waals surface area contributed by atoms with Crippen molar-refractivity contribution in [2.24, 2.45) is 5.14 Å². The second kappa shape index (κ2) is 6.76. The van der Waals surface area contributed by atoms with Gasteiger partial charge in [-0.15, -0.1) is 0 Å². The fourth-order valence-corrected chi connectivity index (χ4v) is 4.93. The van der Waals surface area contributed by atoms with Crippen LogP contribution in [0.25, 0.3) is 16.9 Å². The lowest BCUT2D eigenvalue weighted by molar-refractivity contribution is 0.568. The zero-order valence-electron chi connectivity index (χ0n) is 12.2. The Labute approximate surface area is 163 Å². The number of thiazole rings is 1. The molecule has 0 aliphatic rings. The minimum Gasteiger partial charge on any atom is -0.267 e. The van der Waals surface area contributed by atoms with Gasteiger partial charge in [0.1, 0.15) is 10.7 Å². The summed E-state index contributed by atoms with van der Waals surface area (Å²) >= 11 is 7.69. The number of sulfonamides is 1. The zero-order chi connectivity index (χ0) is 18.4. The van der Waals surface area contributed by atoms with Crippen molar-refractivity contribution in [2.45, 2.75) is 4.90 Å². The summed E-state index contributed by atoms with van der Waals surface area (Å²) in [6, 6.07) is 8.86. The largest absolute Gasteiger partial charge is 0.312 e. The molecule has 0 aliphatic heterocycles. The lowest BCUT2D eigenvalue weighted by Gasteiger charge is -2.10. The first kappa shape index (κ1) is 18.5. The van der Waals surface area contributed by atoms with Crippen molar-refractivity contribution in [3.8, 4) is 16.9 Å². The van der Waals surface area contributed by atoms with E-state index in [4.69, 9.17) is 5.14 Å². The fourth-order valence-electron chi connectivity index (χ4n) is 2.31. The molecule has 0 fully saturated rings. The second-order valence-electron chi connectivity index (χ2n) is 5.04. The molecule has 0 amide bonds. The van der Waals surface area contributed by atoms with Crippen LogP contribution in [0.4, 0.5) is 4.39 Å². The maximum absolute atomic E-state index is 14.1. The number of hydrogen-bond acceptors (Lipinski definition) is 4. The number of nitrogens with zero attached hydrogens (tertiary/aromatic N) is 1. The Morgan fingerprint density at radius 1 is 1.08 bits per heavy atom. The number of rotatable bonds is 3. The maximum atomic E-state index is 14.1. The predicted molar refractivity (Wildman–Crippen MR) is 102 cm³/mol. The van der Waals surface area contributed by atoms with Gasteiger partial charge in [0.25, 0.3) is 0 Å². The van der Waals surface area contributed by atoms with Crippen molar-refractivity contribution in [1.29, 1.82) is 0 Å². The summed E-state index contributed by atoms with van der Waals surface area (Å²) < 4.78 is 39.8. The number of hydrogen-bond donors (Lipinski definition) is 1. The average Bonchev–Trinajstić information content (AvgIpc) is 2.86. The Kier molecular flexibility index (Phi) is 5.00. The van der Waals surface area contributed by atoms with Gasteiger partial charge in [-0.3, -0.25) is 9.36 Å². The molecule has 2 aromatic carbocycles. The first-order valence-electron chi connectivity index (χ1n) is 6.66. The molecular weight excluding hydrogens is 499 g/mol. The van der Waals surface area contributed by atoms with E-state index in [0.29, 0.717) is 16.9 Å². The first-order valence-corrected chi connectivity index (χ1v) is 10.7. The highest BCUT2D eigenvalue weighted by Crippen LogP contribution is 2.29. The highest BCUT2D eigenvalue weighted by Gasteiger charge is 2.18. The van der Waals surface area contributed by atoms with E-state index < -0.39 is 20.7 Å². The summed E-state index contributed by atoms with van der Waals surface area (Å²) in [6.45, 7) is 0. The summed E-state index contributed by atoms with van der Waals surface area (Å²) in [4.78, 5) is 11.4. The van der Waals surface area contributed by atoms with Gasteiger partial charge in [-0.05, 0) is 30.3 Å². The molecule has 0 unspecified atom stereocenters. The van der Waals surface area contributed by atoms with Crippen molar-refractivity contribution in [2.75, 3.05) is 0 Å². The third-order valence-corrected chi connectivity index (χ3v) is 5.92. The van der Waals surface area contributed by atoms with Crippen molar-refractivity contribution < 1.29 is 12.8 Å². The van der Waals surface area contributed by atoms with Gasteiger partial charge < -0.3 is 0 Å². The van der Waals surface area contributed by atoms with Crippen LogP contribution < -0.4 is 10.0 Å². The van der Waals surface area contributed by atoms with E-state index in [1.807, 2.05) is 6.07 Å². The SMILES string of the molecule is NS(=O)(=O)c1ccc(-c2csc(=O)n2-c2cc(Br)cc(Br)c2)cc1F. The Hall–Kier alpha value is -1.33. The molecule has 0 saturated heterocycles. The number of halogens is 3. The minimum atomic E-state index is -4.15. The molecule has 0 spiro atoms. The summed E-state index contributed by atoms with van der Waals surface area (Å²) in [5, 5.41) is 6.56. The Balaban J connectivity index is 2.21. The van der Waals surface area contributed by atoms with Gasteiger partial charge in [-0.1, -0.05) is 49.3 Å². The molecule has 0 atom stereocenters. The summed E-state index contributed by atoms with van der Waals surface area (Å²) in [6.07, 6.45) is 0. The predicted octanol–water partition coefficient (Wildman–Crippen LogP) is 3.88. The smallest absolute Gasteiger partial charge is 0.267 e. The van der Waals surface area contributed by atoms with Crippen LogP contribution in [0.1, 0.15) is 0 Å². The highest BCUT2D eigenvalue weighted by molar-refractivity contribution is 9.11. The summed E-state index contributed by atoms with van der Waals surface area (Å²) in [5.41, 5.74) is 1.39. The monoisotopic (exact) mass is 506 g/mol. The molecule has 0 aliphatic carbocycles. The lowest BCUT2D eigenvalue weighted by Crippen LogP contribution is -2.14. The molecule has 2 N–H and O–H groups in total. The number of primary sulfonamides is 1.